The number of rotatable bonds is 5. The molecule has 2 aliphatic rings. The van der Waals surface area contributed by atoms with Gasteiger partial charge in [-0.3, -0.25) is 0 Å². The summed E-state index contributed by atoms with van der Waals surface area (Å²) in [6.07, 6.45) is 8.48. The fourth-order valence-corrected chi connectivity index (χ4v) is 3.43. The molecule has 2 amide bonds. The Hall–Kier alpha value is -0.810. The third kappa shape index (κ3) is 5.83. The van der Waals surface area contributed by atoms with Crippen LogP contribution in [0.3, 0.4) is 0 Å². The zero-order chi connectivity index (χ0) is 15.1. The Morgan fingerprint density at radius 1 is 1.19 bits per heavy atom. The molecule has 0 spiro atoms. The lowest BCUT2D eigenvalue weighted by atomic mass is 9.85. The Balaban J connectivity index is 1.55. The van der Waals surface area contributed by atoms with Crippen LogP contribution in [0.1, 0.15) is 51.4 Å². The van der Waals surface area contributed by atoms with Crippen LogP contribution in [0.4, 0.5) is 4.79 Å². The van der Waals surface area contributed by atoms with E-state index < -0.39 is 5.60 Å². The number of aliphatic hydroxyl groups is 1. The molecule has 21 heavy (non-hydrogen) atoms. The summed E-state index contributed by atoms with van der Waals surface area (Å²) in [5, 5.41) is 16.1. The van der Waals surface area contributed by atoms with E-state index in [1.165, 1.54) is 32.4 Å². The van der Waals surface area contributed by atoms with Gasteiger partial charge < -0.3 is 20.6 Å². The summed E-state index contributed by atoms with van der Waals surface area (Å²) in [5.41, 5.74) is -0.677. The molecule has 0 radical (unpaired) electrons. The van der Waals surface area contributed by atoms with E-state index in [9.17, 15) is 9.90 Å². The van der Waals surface area contributed by atoms with Gasteiger partial charge in [0, 0.05) is 13.1 Å². The van der Waals surface area contributed by atoms with Gasteiger partial charge in [0.25, 0.3) is 0 Å². The zero-order valence-corrected chi connectivity index (χ0v) is 13.4. The average molecular weight is 297 g/mol. The van der Waals surface area contributed by atoms with E-state index in [0.717, 1.165) is 44.6 Å². The minimum Gasteiger partial charge on any atom is -0.388 e. The van der Waals surface area contributed by atoms with Crippen LogP contribution >= 0.6 is 0 Å². The molecular formula is C16H31N3O2. The molecule has 5 heteroatoms. The number of hydrogen-bond donors (Lipinski definition) is 3. The lowest BCUT2D eigenvalue weighted by Gasteiger charge is -2.32. The topological polar surface area (TPSA) is 64.6 Å². The molecule has 0 aromatic rings. The summed E-state index contributed by atoms with van der Waals surface area (Å²) in [6, 6.07) is -0.137. The molecule has 5 nitrogen and oxygen atoms in total. The predicted molar refractivity (Wildman–Crippen MR) is 84.3 cm³/mol. The minimum atomic E-state index is -0.677. The molecule has 0 aromatic heterocycles. The molecule has 1 saturated heterocycles. The van der Waals surface area contributed by atoms with Crippen LogP contribution in [0.15, 0.2) is 0 Å². The highest BCUT2D eigenvalue weighted by molar-refractivity contribution is 5.73. The third-order valence-electron chi connectivity index (χ3n) is 5.04. The van der Waals surface area contributed by atoms with Crippen LogP contribution in [-0.4, -0.2) is 54.9 Å². The summed E-state index contributed by atoms with van der Waals surface area (Å²) < 4.78 is 0. The molecular weight excluding hydrogens is 266 g/mol. The summed E-state index contributed by atoms with van der Waals surface area (Å²) in [7, 11) is 2.16. The Kier molecular flexibility index (Phi) is 6.30. The van der Waals surface area contributed by atoms with Crippen molar-refractivity contribution in [3.8, 4) is 0 Å². The molecule has 1 saturated carbocycles. The highest BCUT2D eigenvalue weighted by Gasteiger charge is 2.29. The van der Waals surface area contributed by atoms with Crippen molar-refractivity contribution in [3.05, 3.63) is 0 Å². The monoisotopic (exact) mass is 297 g/mol. The van der Waals surface area contributed by atoms with Gasteiger partial charge in [-0.15, -0.1) is 0 Å². The van der Waals surface area contributed by atoms with Gasteiger partial charge >= 0.3 is 6.03 Å². The predicted octanol–water partition coefficient (Wildman–Crippen LogP) is 1.71. The normalized spacial score (nSPS) is 23.7. The summed E-state index contributed by atoms with van der Waals surface area (Å²) in [6.45, 7) is 3.46. The maximum atomic E-state index is 11.8. The zero-order valence-electron chi connectivity index (χ0n) is 13.4. The number of amides is 2. The molecule has 1 heterocycles. The second-order valence-electron chi connectivity index (χ2n) is 6.93. The minimum absolute atomic E-state index is 0.137. The standard InChI is InChI=1S/C16H31N3O2/c1-19-11-6-14(7-12-19)5-10-17-15(20)18-13-16(21)8-3-2-4-9-16/h14,21H,2-13H2,1H3,(H2,17,18,20). The number of likely N-dealkylation sites (tertiary alicyclic amines) is 1. The first-order chi connectivity index (χ1) is 10.1. The average Bonchev–Trinajstić information content (AvgIpc) is 2.48. The lowest BCUT2D eigenvalue weighted by Crippen LogP contribution is -2.47. The van der Waals surface area contributed by atoms with Crippen molar-refractivity contribution < 1.29 is 9.90 Å². The van der Waals surface area contributed by atoms with E-state index in [2.05, 4.69) is 22.6 Å². The Morgan fingerprint density at radius 3 is 2.52 bits per heavy atom. The van der Waals surface area contributed by atoms with Crippen molar-refractivity contribution in [1.82, 2.24) is 15.5 Å². The molecule has 1 aliphatic carbocycles. The van der Waals surface area contributed by atoms with E-state index in [0.29, 0.717) is 6.54 Å². The number of carbonyl (C=O) groups excluding carboxylic acids is 1. The molecule has 0 atom stereocenters. The van der Waals surface area contributed by atoms with Gasteiger partial charge in [-0.25, -0.2) is 4.79 Å². The van der Waals surface area contributed by atoms with Crippen LogP contribution in [0.5, 0.6) is 0 Å². The number of piperidine rings is 1. The number of hydrogen-bond acceptors (Lipinski definition) is 3. The maximum Gasteiger partial charge on any atom is 0.314 e. The quantitative estimate of drug-likeness (QED) is 0.724. The van der Waals surface area contributed by atoms with E-state index in [4.69, 9.17) is 0 Å². The molecule has 2 rings (SSSR count). The van der Waals surface area contributed by atoms with E-state index in [1.807, 2.05) is 0 Å². The van der Waals surface area contributed by atoms with Crippen molar-refractivity contribution in [2.75, 3.05) is 33.2 Å². The lowest BCUT2D eigenvalue weighted by molar-refractivity contribution is 0.00719. The molecule has 0 aromatic carbocycles. The molecule has 1 aliphatic heterocycles. The number of carbonyl (C=O) groups is 1. The summed E-state index contributed by atoms with van der Waals surface area (Å²) in [4.78, 5) is 14.1. The highest BCUT2D eigenvalue weighted by Crippen LogP contribution is 2.27. The first-order valence-electron chi connectivity index (χ1n) is 8.50. The van der Waals surface area contributed by atoms with E-state index in [1.54, 1.807) is 0 Å². The van der Waals surface area contributed by atoms with Crippen molar-refractivity contribution in [2.24, 2.45) is 5.92 Å². The maximum absolute atomic E-state index is 11.8. The van der Waals surface area contributed by atoms with Gasteiger partial charge in [-0.2, -0.15) is 0 Å². The van der Waals surface area contributed by atoms with Crippen molar-refractivity contribution in [3.63, 3.8) is 0 Å². The summed E-state index contributed by atoms with van der Waals surface area (Å²) in [5.74, 6) is 0.740. The largest absolute Gasteiger partial charge is 0.388 e. The Labute approximate surface area is 128 Å². The number of nitrogens with one attached hydrogen (secondary N) is 2. The van der Waals surface area contributed by atoms with Crippen LogP contribution in [0.25, 0.3) is 0 Å². The van der Waals surface area contributed by atoms with Crippen LogP contribution in [0.2, 0.25) is 0 Å². The van der Waals surface area contributed by atoms with Gasteiger partial charge in [0.05, 0.1) is 5.60 Å². The summed E-state index contributed by atoms with van der Waals surface area (Å²) >= 11 is 0. The van der Waals surface area contributed by atoms with Crippen LogP contribution in [0, 0.1) is 5.92 Å². The van der Waals surface area contributed by atoms with Gasteiger partial charge in [-0.1, -0.05) is 19.3 Å². The molecule has 2 fully saturated rings. The first kappa shape index (κ1) is 16.6. The fourth-order valence-electron chi connectivity index (χ4n) is 3.43. The molecule has 0 bridgehead atoms. The van der Waals surface area contributed by atoms with Gasteiger partial charge in [0.15, 0.2) is 0 Å². The Bertz CT molecular complexity index is 321. The molecule has 0 unspecified atom stereocenters. The van der Waals surface area contributed by atoms with Crippen molar-refractivity contribution >= 4 is 6.03 Å². The molecule has 122 valence electrons. The van der Waals surface area contributed by atoms with Crippen molar-refractivity contribution in [1.29, 1.82) is 0 Å². The second kappa shape index (κ2) is 7.99. The second-order valence-corrected chi connectivity index (χ2v) is 6.93. The fraction of sp³-hybridized carbons (Fsp3) is 0.938. The van der Waals surface area contributed by atoms with E-state index in [-0.39, 0.29) is 6.03 Å². The first-order valence-corrected chi connectivity index (χ1v) is 8.50. The van der Waals surface area contributed by atoms with Crippen LogP contribution < -0.4 is 10.6 Å². The Morgan fingerprint density at radius 2 is 1.86 bits per heavy atom. The number of urea groups is 1. The van der Waals surface area contributed by atoms with Crippen LogP contribution in [-0.2, 0) is 0 Å². The number of nitrogens with zero attached hydrogens (tertiary/aromatic N) is 1. The highest BCUT2D eigenvalue weighted by atomic mass is 16.3. The van der Waals surface area contributed by atoms with Gasteiger partial charge in [0.2, 0.25) is 0 Å². The van der Waals surface area contributed by atoms with Gasteiger partial charge in [-0.05, 0) is 58.2 Å². The van der Waals surface area contributed by atoms with Crippen molar-refractivity contribution in [2.45, 2.75) is 57.0 Å². The SMILES string of the molecule is CN1CCC(CCNC(=O)NCC2(O)CCCCC2)CC1. The van der Waals surface area contributed by atoms with Gasteiger partial charge in [0.1, 0.15) is 0 Å². The van der Waals surface area contributed by atoms with E-state index >= 15 is 0 Å². The molecule has 3 N–H and O–H groups in total. The third-order valence-corrected chi connectivity index (χ3v) is 5.04. The smallest absolute Gasteiger partial charge is 0.314 e.